The van der Waals surface area contributed by atoms with E-state index in [0.717, 1.165) is 24.4 Å². The molecule has 2 aliphatic rings. The van der Waals surface area contributed by atoms with Crippen molar-refractivity contribution in [1.82, 2.24) is 15.5 Å². The number of carbonyl (C=O) groups excluding carboxylic acids is 2. The number of amides is 3. The van der Waals surface area contributed by atoms with Crippen LogP contribution in [0.3, 0.4) is 0 Å². The van der Waals surface area contributed by atoms with Gasteiger partial charge in [0, 0.05) is 25.2 Å². The summed E-state index contributed by atoms with van der Waals surface area (Å²) in [7, 11) is 0. The molecule has 1 atom stereocenters. The normalized spacial score (nSPS) is 20.4. The zero-order chi connectivity index (χ0) is 20.5. The van der Waals surface area contributed by atoms with E-state index < -0.39 is 0 Å². The zero-order valence-electron chi connectivity index (χ0n) is 17.5. The van der Waals surface area contributed by atoms with Crippen LogP contribution in [0.4, 0.5) is 10.5 Å². The fourth-order valence-electron chi connectivity index (χ4n) is 4.04. The summed E-state index contributed by atoms with van der Waals surface area (Å²) in [6.07, 6.45) is 6.53. The van der Waals surface area contributed by atoms with Crippen molar-refractivity contribution in [1.29, 1.82) is 0 Å². The van der Waals surface area contributed by atoms with Gasteiger partial charge >= 0.3 is 6.03 Å². The molecule has 0 bridgehead atoms. The molecule has 2 saturated heterocycles. The molecule has 1 unspecified atom stereocenters. The molecular weight excluding hydrogens is 368 g/mol. The van der Waals surface area contributed by atoms with E-state index >= 15 is 0 Å². The summed E-state index contributed by atoms with van der Waals surface area (Å²) in [6, 6.07) is 7.14. The second-order valence-electron chi connectivity index (χ2n) is 7.84. The van der Waals surface area contributed by atoms with Crippen molar-refractivity contribution in [2.24, 2.45) is 0 Å². The van der Waals surface area contributed by atoms with E-state index in [1.54, 1.807) is 4.90 Å². The van der Waals surface area contributed by atoms with Crippen LogP contribution in [0, 0.1) is 0 Å². The topological polar surface area (TPSA) is 73.9 Å². The number of likely N-dealkylation sites (tertiary alicyclic amines) is 1. The first-order valence-electron chi connectivity index (χ1n) is 11.0. The lowest BCUT2D eigenvalue weighted by Gasteiger charge is -2.20. The predicted octanol–water partition coefficient (Wildman–Crippen LogP) is 2.76. The Morgan fingerprint density at radius 3 is 2.55 bits per heavy atom. The molecule has 3 amide bonds. The molecule has 0 aromatic heterocycles. The van der Waals surface area contributed by atoms with E-state index in [0.29, 0.717) is 26.1 Å². The summed E-state index contributed by atoms with van der Waals surface area (Å²) in [5.41, 5.74) is 0.834. The highest BCUT2D eigenvalue weighted by Crippen LogP contribution is 2.24. The quantitative estimate of drug-likeness (QED) is 0.656. The lowest BCUT2D eigenvalue weighted by molar-refractivity contribution is -0.117. The van der Waals surface area contributed by atoms with E-state index in [9.17, 15) is 9.59 Å². The fraction of sp³-hybridized carbons (Fsp3) is 0.636. The summed E-state index contributed by atoms with van der Waals surface area (Å²) >= 11 is 0. The van der Waals surface area contributed by atoms with Crippen molar-refractivity contribution in [2.45, 2.75) is 51.5 Å². The third-order valence-corrected chi connectivity index (χ3v) is 5.56. The second kappa shape index (κ2) is 11.0. The highest BCUT2D eigenvalue weighted by Gasteiger charge is 2.31. The van der Waals surface area contributed by atoms with E-state index in [4.69, 9.17) is 4.74 Å². The smallest absolute Gasteiger partial charge is 0.315 e. The number of ether oxygens (including phenoxy) is 1. The van der Waals surface area contributed by atoms with Crippen LogP contribution in [0.1, 0.15) is 45.4 Å². The van der Waals surface area contributed by atoms with E-state index in [-0.39, 0.29) is 18.0 Å². The highest BCUT2D eigenvalue weighted by atomic mass is 16.5. The van der Waals surface area contributed by atoms with Crippen molar-refractivity contribution in [3.05, 3.63) is 24.3 Å². The molecule has 160 valence electrons. The predicted molar refractivity (Wildman–Crippen MR) is 114 cm³/mol. The molecule has 2 fully saturated rings. The molecular formula is C22H34N4O3. The Morgan fingerprint density at radius 1 is 1.14 bits per heavy atom. The van der Waals surface area contributed by atoms with Gasteiger partial charge in [-0.1, -0.05) is 12.8 Å². The van der Waals surface area contributed by atoms with E-state index in [1.165, 1.54) is 38.8 Å². The highest BCUT2D eigenvalue weighted by molar-refractivity contribution is 5.96. The number of rotatable bonds is 8. The van der Waals surface area contributed by atoms with Gasteiger partial charge in [0.25, 0.3) is 0 Å². The van der Waals surface area contributed by atoms with Crippen LogP contribution in [0.25, 0.3) is 0 Å². The molecule has 0 radical (unpaired) electrons. The van der Waals surface area contributed by atoms with Crippen LogP contribution in [-0.4, -0.2) is 62.2 Å². The third-order valence-electron chi connectivity index (χ3n) is 5.56. The molecule has 0 aliphatic carbocycles. The Balaban J connectivity index is 1.37. The number of hydrogen-bond donors (Lipinski definition) is 2. The number of anilines is 1. The number of urea groups is 1. The van der Waals surface area contributed by atoms with Gasteiger partial charge in [-0.2, -0.15) is 0 Å². The minimum absolute atomic E-state index is 0.0284. The summed E-state index contributed by atoms with van der Waals surface area (Å²) in [6.45, 7) is 7.10. The first kappa shape index (κ1) is 21.4. The maximum absolute atomic E-state index is 12.4. The SMILES string of the molecule is CCOc1ccc(N2CC(NC(=O)NCCCN3CCCCCC3)CC2=O)cc1. The Bertz CT molecular complexity index is 657. The molecule has 1 aromatic rings. The Hall–Kier alpha value is -2.28. The standard InChI is InChI=1S/C22H34N4O3/c1-2-29-20-10-8-19(9-11-20)26-17-18(16-21(26)27)24-22(28)23-12-7-15-25-13-5-3-4-6-14-25/h8-11,18H,2-7,12-17H2,1H3,(H2,23,24,28). The van der Waals surface area contributed by atoms with E-state index in [1.807, 2.05) is 31.2 Å². The van der Waals surface area contributed by atoms with E-state index in [2.05, 4.69) is 15.5 Å². The monoisotopic (exact) mass is 402 g/mol. The van der Waals surface area contributed by atoms with Crippen LogP contribution < -0.4 is 20.3 Å². The average molecular weight is 403 g/mol. The molecule has 1 aromatic carbocycles. The lowest BCUT2D eigenvalue weighted by atomic mass is 10.2. The Morgan fingerprint density at radius 2 is 1.86 bits per heavy atom. The summed E-state index contributed by atoms with van der Waals surface area (Å²) in [4.78, 5) is 28.8. The molecule has 7 heteroatoms. The number of benzene rings is 1. The summed E-state index contributed by atoms with van der Waals surface area (Å²) in [5.74, 6) is 0.817. The van der Waals surface area contributed by atoms with Gasteiger partial charge in [0.05, 0.1) is 12.6 Å². The van der Waals surface area contributed by atoms with Gasteiger partial charge in [0.15, 0.2) is 0 Å². The molecule has 0 spiro atoms. The molecule has 2 N–H and O–H groups in total. The first-order valence-corrected chi connectivity index (χ1v) is 11.0. The van der Waals surface area contributed by atoms with Gasteiger partial charge < -0.3 is 25.2 Å². The fourth-order valence-corrected chi connectivity index (χ4v) is 4.04. The van der Waals surface area contributed by atoms with Gasteiger partial charge in [0.2, 0.25) is 5.91 Å². The number of nitrogens with one attached hydrogen (secondary N) is 2. The Labute approximate surface area is 173 Å². The molecule has 0 saturated carbocycles. The van der Waals surface area contributed by atoms with Crippen molar-refractivity contribution in [2.75, 3.05) is 44.2 Å². The third kappa shape index (κ3) is 6.63. The molecule has 2 heterocycles. The van der Waals surface area contributed by atoms with Crippen LogP contribution in [0.2, 0.25) is 0 Å². The van der Waals surface area contributed by atoms with Crippen LogP contribution in [0.5, 0.6) is 5.75 Å². The maximum Gasteiger partial charge on any atom is 0.315 e. The zero-order valence-corrected chi connectivity index (χ0v) is 17.5. The van der Waals surface area contributed by atoms with Gasteiger partial charge in [0.1, 0.15) is 5.75 Å². The van der Waals surface area contributed by atoms with Gasteiger partial charge in [-0.15, -0.1) is 0 Å². The van der Waals surface area contributed by atoms with Crippen LogP contribution in [0.15, 0.2) is 24.3 Å². The van der Waals surface area contributed by atoms with Crippen molar-refractivity contribution >= 4 is 17.6 Å². The van der Waals surface area contributed by atoms with Crippen LogP contribution in [-0.2, 0) is 4.79 Å². The molecule has 7 nitrogen and oxygen atoms in total. The second-order valence-corrected chi connectivity index (χ2v) is 7.84. The van der Waals surface area contributed by atoms with Gasteiger partial charge in [-0.05, 0) is 70.1 Å². The summed E-state index contributed by atoms with van der Waals surface area (Å²) < 4.78 is 5.44. The minimum atomic E-state index is -0.188. The van der Waals surface area contributed by atoms with Crippen LogP contribution >= 0.6 is 0 Å². The number of nitrogens with zero attached hydrogens (tertiary/aromatic N) is 2. The van der Waals surface area contributed by atoms with Gasteiger partial charge in [-0.3, -0.25) is 4.79 Å². The summed E-state index contributed by atoms with van der Waals surface area (Å²) in [5, 5.41) is 5.87. The molecule has 2 aliphatic heterocycles. The minimum Gasteiger partial charge on any atom is -0.494 e. The maximum atomic E-state index is 12.4. The average Bonchev–Trinajstić information content (AvgIpc) is 2.91. The first-order chi connectivity index (χ1) is 14.2. The van der Waals surface area contributed by atoms with Gasteiger partial charge in [-0.25, -0.2) is 4.79 Å². The lowest BCUT2D eigenvalue weighted by Crippen LogP contribution is -2.44. The molecule has 29 heavy (non-hydrogen) atoms. The largest absolute Gasteiger partial charge is 0.494 e. The van der Waals surface area contributed by atoms with Crippen molar-refractivity contribution < 1.29 is 14.3 Å². The van der Waals surface area contributed by atoms with Crippen molar-refractivity contribution in [3.8, 4) is 5.75 Å². The Kier molecular flexibility index (Phi) is 8.16. The molecule has 3 rings (SSSR count). The number of hydrogen-bond acceptors (Lipinski definition) is 4. The van der Waals surface area contributed by atoms with Crippen molar-refractivity contribution in [3.63, 3.8) is 0 Å². The number of carbonyl (C=O) groups is 2.